The highest BCUT2D eigenvalue weighted by Crippen LogP contribution is 2.09. The van der Waals surface area contributed by atoms with Crippen LogP contribution in [0.15, 0.2) is 0 Å². The van der Waals surface area contributed by atoms with E-state index in [0.717, 1.165) is 12.2 Å². The number of rotatable bonds is 6. The van der Waals surface area contributed by atoms with Gasteiger partial charge in [-0.25, -0.2) is 0 Å². The number of nitrogens with two attached hydrogens (primary N) is 1. The number of amides is 1. The van der Waals surface area contributed by atoms with Gasteiger partial charge in [0.25, 0.3) is 0 Å². The van der Waals surface area contributed by atoms with Gasteiger partial charge in [0.2, 0.25) is 5.91 Å². The predicted octanol–water partition coefficient (Wildman–Crippen LogP) is 0.981. The van der Waals surface area contributed by atoms with E-state index in [1.807, 2.05) is 13.8 Å². The van der Waals surface area contributed by atoms with Crippen LogP contribution in [0.2, 0.25) is 0 Å². The van der Waals surface area contributed by atoms with Crippen molar-refractivity contribution < 1.29 is 4.79 Å². The molecule has 0 saturated carbocycles. The fourth-order valence-electron chi connectivity index (χ4n) is 0.783. The Hall–Kier alpha value is -0.220. The summed E-state index contributed by atoms with van der Waals surface area (Å²) >= 11 is 1.60. The molecule has 3 nitrogen and oxygen atoms in total. The lowest BCUT2D eigenvalue weighted by molar-refractivity contribution is -0.120. The summed E-state index contributed by atoms with van der Waals surface area (Å²) < 4.78 is 0. The monoisotopic (exact) mass is 204 g/mol. The van der Waals surface area contributed by atoms with Crippen LogP contribution in [0.3, 0.4) is 0 Å². The molecule has 0 aliphatic heterocycles. The first kappa shape index (κ1) is 12.8. The van der Waals surface area contributed by atoms with Crippen LogP contribution in [0.1, 0.15) is 27.2 Å². The maximum absolute atomic E-state index is 11.4. The average Bonchev–Trinajstić information content (AvgIpc) is 2.13. The van der Waals surface area contributed by atoms with E-state index in [4.69, 9.17) is 5.73 Å². The van der Waals surface area contributed by atoms with Crippen LogP contribution in [0.5, 0.6) is 0 Å². The van der Waals surface area contributed by atoms with Crippen molar-refractivity contribution in [1.82, 2.24) is 5.32 Å². The largest absolute Gasteiger partial charge is 0.353 e. The maximum atomic E-state index is 11.4. The molecule has 1 amide bonds. The van der Waals surface area contributed by atoms with Crippen molar-refractivity contribution in [3.63, 3.8) is 0 Å². The van der Waals surface area contributed by atoms with Crippen molar-refractivity contribution in [2.75, 3.05) is 12.3 Å². The van der Waals surface area contributed by atoms with E-state index in [1.165, 1.54) is 0 Å². The highest BCUT2D eigenvalue weighted by molar-refractivity contribution is 8.00. The highest BCUT2D eigenvalue weighted by atomic mass is 32.2. The minimum Gasteiger partial charge on any atom is -0.353 e. The molecule has 0 rings (SSSR count). The smallest absolute Gasteiger partial charge is 0.233 e. The average molecular weight is 204 g/mol. The normalized spacial score (nSPS) is 15.1. The van der Waals surface area contributed by atoms with E-state index >= 15 is 0 Å². The van der Waals surface area contributed by atoms with Gasteiger partial charge in [0.05, 0.1) is 5.25 Å². The van der Waals surface area contributed by atoms with Crippen molar-refractivity contribution in [1.29, 1.82) is 0 Å². The van der Waals surface area contributed by atoms with Crippen molar-refractivity contribution >= 4 is 17.7 Å². The lowest BCUT2D eigenvalue weighted by Gasteiger charge is -2.15. The zero-order valence-corrected chi connectivity index (χ0v) is 9.49. The molecule has 3 N–H and O–H groups in total. The molecule has 0 aliphatic carbocycles. The molecule has 2 atom stereocenters. The van der Waals surface area contributed by atoms with Gasteiger partial charge in [-0.05, 0) is 20.3 Å². The Morgan fingerprint density at radius 3 is 2.62 bits per heavy atom. The van der Waals surface area contributed by atoms with E-state index in [9.17, 15) is 4.79 Å². The molecule has 2 unspecified atom stereocenters. The topological polar surface area (TPSA) is 55.1 Å². The van der Waals surface area contributed by atoms with Gasteiger partial charge in [-0.1, -0.05) is 6.92 Å². The molecule has 0 aromatic heterocycles. The van der Waals surface area contributed by atoms with Gasteiger partial charge in [0.1, 0.15) is 0 Å². The van der Waals surface area contributed by atoms with Crippen LogP contribution in [-0.4, -0.2) is 29.5 Å². The highest BCUT2D eigenvalue weighted by Gasteiger charge is 2.13. The molecule has 0 aromatic rings. The van der Waals surface area contributed by atoms with E-state index in [0.29, 0.717) is 6.54 Å². The van der Waals surface area contributed by atoms with Gasteiger partial charge >= 0.3 is 0 Å². The van der Waals surface area contributed by atoms with Crippen LogP contribution >= 0.6 is 11.8 Å². The summed E-state index contributed by atoms with van der Waals surface area (Å²) in [6, 6.07) is 0.272. The minimum atomic E-state index is 0.0116. The standard InChI is InChI=1S/C9H20N2OS/c1-4-7(2)11-9(12)8(3)13-6-5-10/h7-8H,4-6,10H2,1-3H3,(H,11,12). The summed E-state index contributed by atoms with van der Waals surface area (Å²) in [5.41, 5.74) is 5.35. The fourth-order valence-corrected chi connectivity index (χ4v) is 1.49. The molecular weight excluding hydrogens is 184 g/mol. The second-order valence-corrected chi connectivity index (χ2v) is 4.57. The SMILES string of the molecule is CCC(C)NC(=O)C(C)SCCN. The summed E-state index contributed by atoms with van der Waals surface area (Å²) in [4.78, 5) is 11.4. The van der Waals surface area contributed by atoms with Crippen LogP contribution < -0.4 is 11.1 Å². The number of thioether (sulfide) groups is 1. The Labute approximate surface area is 84.8 Å². The van der Waals surface area contributed by atoms with Gasteiger partial charge < -0.3 is 11.1 Å². The number of hydrogen-bond donors (Lipinski definition) is 2. The van der Waals surface area contributed by atoms with Gasteiger partial charge in [-0.15, -0.1) is 11.8 Å². The lowest BCUT2D eigenvalue weighted by atomic mass is 10.2. The lowest BCUT2D eigenvalue weighted by Crippen LogP contribution is -2.37. The molecule has 0 aromatic carbocycles. The molecule has 0 heterocycles. The van der Waals surface area contributed by atoms with Gasteiger partial charge in [-0.3, -0.25) is 4.79 Å². The Balaban J connectivity index is 3.68. The van der Waals surface area contributed by atoms with Crippen LogP contribution in [0.4, 0.5) is 0 Å². The van der Waals surface area contributed by atoms with Crippen molar-refractivity contribution in [2.45, 2.75) is 38.5 Å². The second kappa shape index (κ2) is 7.21. The van der Waals surface area contributed by atoms with Crippen LogP contribution in [0.25, 0.3) is 0 Å². The molecule has 0 bridgehead atoms. The third-order valence-corrected chi connectivity index (χ3v) is 3.04. The van der Waals surface area contributed by atoms with Crippen molar-refractivity contribution in [3.8, 4) is 0 Å². The summed E-state index contributed by atoms with van der Waals surface area (Å²) in [5, 5.41) is 2.95. The molecule has 0 aliphatic rings. The Morgan fingerprint density at radius 1 is 1.54 bits per heavy atom. The Bertz CT molecular complexity index is 153. The van der Waals surface area contributed by atoms with E-state index < -0.39 is 0 Å². The predicted molar refractivity (Wildman–Crippen MR) is 58.9 cm³/mol. The van der Waals surface area contributed by atoms with Gasteiger partial charge in [0.15, 0.2) is 0 Å². The van der Waals surface area contributed by atoms with E-state index in [1.54, 1.807) is 11.8 Å². The number of carbonyl (C=O) groups is 1. The third-order valence-electron chi connectivity index (χ3n) is 1.86. The zero-order valence-electron chi connectivity index (χ0n) is 8.67. The summed E-state index contributed by atoms with van der Waals surface area (Å²) in [5.74, 6) is 0.961. The molecule has 4 heteroatoms. The quantitative estimate of drug-likeness (QED) is 0.678. The first-order valence-corrected chi connectivity index (χ1v) is 5.78. The molecule has 0 saturated heterocycles. The minimum absolute atomic E-state index is 0.0116. The zero-order chi connectivity index (χ0) is 10.3. The second-order valence-electron chi connectivity index (χ2n) is 3.12. The summed E-state index contributed by atoms with van der Waals surface area (Å²) in [7, 11) is 0. The fraction of sp³-hybridized carbons (Fsp3) is 0.889. The number of hydrogen-bond acceptors (Lipinski definition) is 3. The van der Waals surface area contributed by atoms with Crippen molar-refractivity contribution in [2.24, 2.45) is 5.73 Å². The van der Waals surface area contributed by atoms with E-state index in [2.05, 4.69) is 12.2 Å². The number of carbonyl (C=O) groups excluding carboxylic acids is 1. The van der Waals surface area contributed by atoms with Crippen molar-refractivity contribution in [3.05, 3.63) is 0 Å². The molecule has 0 fully saturated rings. The number of nitrogens with one attached hydrogen (secondary N) is 1. The molecular formula is C9H20N2OS. The van der Waals surface area contributed by atoms with Crippen LogP contribution in [0, 0.1) is 0 Å². The first-order chi connectivity index (χ1) is 6.11. The maximum Gasteiger partial charge on any atom is 0.233 e. The van der Waals surface area contributed by atoms with Gasteiger partial charge in [0, 0.05) is 18.3 Å². The third kappa shape index (κ3) is 5.93. The van der Waals surface area contributed by atoms with E-state index in [-0.39, 0.29) is 17.2 Å². The molecule has 78 valence electrons. The Kier molecular flexibility index (Phi) is 7.09. The van der Waals surface area contributed by atoms with Crippen LogP contribution in [-0.2, 0) is 4.79 Å². The molecule has 0 radical (unpaired) electrons. The summed E-state index contributed by atoms with van der Waals surface area (Å²) in [6.07, 6.45) is 0.972. The van der Waals surface area contributed by atoms with Gasteiger partial charge in [-0.2, -0.15) is 0 Å². The summed E-state index contributed by atoms with van der Waals surface area (Å²) in [6.45, 7) is 6.62. The molecule has 0 spiro atoms. The molecule has 13 heavy (non-hydrogen) atoms. The Morgan fingerprint density at radius 2 is 2.15 bits per heavy atom. The first-order valence-electron chi connectivity index (χ1n) is 4.73.